The van der Waals surface area contributed by atoms with Gasteiger partial charge in [-0.05, 0) is 38.1 Å². The first-order valence-corrected chi connectivity index (χ1v) is 8.58. The normalized spacial score (nSPS) is 15.9. The average Bonchev–Trinajstić information content (AvgIpc) is 2.92. The number of rotatable bonds is 1. The van der Waals surface area contributed by atoms with Crippen molar-refractivity contribution in [1.29, 1.82) is 0 Å². The summed E-state index contributed by atoms with van der Waals surface area (Å²) >= 11 is 12.6. The highest BCUT2D eigenvalue weighted by Crippen LogP contribution is 2.38. The van der Waals surface area contributed by atoms with E-state index in [1.54, 1.807) is 30.5 Å². The topological polar surface area (TPSA) is 43.1 Å². The first-order chi connectivity index (χ1) is 12.4. The molecule has 4 rings (SSSR count). The van der Waals surface area contributed by atoms with E-state index in [2.05, 4.69) is 15.2 Å². The van der Waals surface area contributed by atoms with Crippen LogP contribution in [-0.2, 0) is 0 Å². The minimum Gasteiger partial charge on any atom is -0.281 e. The summed E-state index contributed by atoms with van der Waals surface area (Å²) in [4.78, 5) is 4.54. The summed E-state index contributed by atoms with van der Waals surface area (Å²) in [6, 6.07) is 6.51. The van der Waals surface area contributed by atoms with Gasteiger partial charge in [0.15, 0.2) is 5.82 Å². The third-order valence-corrected chi connectivity index (χ3v) is 5.10. The van der Waals surface area contributed by atoms with Gasteiger partial charge in [0.05, 0.1) is 27.0 Å². The highest BCUT2D eigenvalue weighted by atomic mass is 35.5. The van der Waals surface area contributed by atoms with Crippen molar-refractivity contribution >= 4 is 28.9 Å². The van der Waals surface area contributed by atoms with Crippen molar-refractivity contribution in [2.24, 2.45) is 4.99 Å². The zero-order valence-electron chi connectivity index (χ0n) is 13.8. The van der Waals surface area contributed by atoms with Gasteiger partial charge in [-0.25, -0.2) is 8.78 Å². The molecule has 0 unspecified atom stereocenters. The summed E-state index contributed by atoms with van der Waals surface area (Å²) in [6.07, 6.45) is 0. The number of aromatic nitrogens is 3. The molecule has 0 aliphatic carbocycles. The number of nitrogens with zero attached hydrogens (tertiary/aromatic N) is 4. The zero-order valence-corrected chi connectivity index (χ0v) is 15.3. The second kappa shape index (κ2) is 6.14. The first-order valence-electron chi connectivity index (χ1n) is 7.83. The van der Waals surface area contributed by atoms with Crippen LogP contribution in [0.15, 0.2) is 35.3 Å². The number of benzene rings is 2. The van der Waals surface area contributed by atoms with Crippen molar-refractivity contribution in [3.05, 3.63) is 74.8 Å². The Morgan fingerprint density at radius 3 is 2.38 bits per heavy atom. The first kappa shape index (κ1) is 17.1. The summed E-state index contributed by atoms with van der Waals surface area (Å²) in [5, 5.41) is 8.68. The lowest BCUT2D eigenvalue weighted by Crippen LogP contribution is -2.13. The number of aryl methyl sites for hydroxylation is 1. The molecule has 1 aliphatic rings. The van der Waals surface area contributed by atoms with E-state index in [0.29, 0.717) is 22.9 Å². The maximum Gasteiger partial charge on any atom is 0.162 e. The molecule has 0 amide bonds. The van der Waals surface area contributed by atoms with Crippen LogP contribution in [0.3, 0.4) is 0 Å². The van der Waals surface area contributed by atoms with E-state index in [4.69, 9.17) is 23.2 Å². The second-order valence-electron chi connectivity index (χ2n) is 5.95. The number of fused-ring (bicyclic) bond motifs is 3. The van der Waals surface area contributed by atoms with Gasteiger partial charge in [0.2, 0.25) is 0 Å². The molecule has 3 aromatic rings. The lowest BCUT2D eigenvalue weighted by molar-refractivity contribution is 0.578. The Labute approximate surface area is 158 Å². The molecule has 0 bridgehead atoms. The van der Waals surface area contributed by atoms with Gasteiger partial charge < -0.3 is 0 Å². The minimum absolute atomic E-state index is 0.0977. The van der Waals surface area contributed by atoms with Gasteiger partial charge in [0.25, 0.3) is 0 Å². The van der Waals surface area contributed by atoms with Gasteiger partial charge in [-0.3, -0.25) is 9.56 Å². The van der Waals surface area contributed by atoms with E-state index in [0.717, 1.165) is 0 Å². The van der Waals surface area contributed by atoms with Crippen molar-refractivity contribution in [2.45, 2.75) is 19.9 Å². The SMILES string of the molecule is Cc1nnc2n1-c1ccc(Cl)c(Cl)c1C(c1c(F)cccc1F)=N[C@H]2C. The Bertz CT molecular complexity index is 1060. The molecule has 1 aliphatic heterocycles. The summed E-state index contributed by atoms with van der Waals surface area (Å²) in [5.74, 6) is -0.300. The van der Waals surface area contributed by atoms with Gasteiger partial charge in [-0.15, -0.1) is 10.2 Å². The Kier molecular flexibility index (Phi) is 4.04. The molecule has 2 aromatic carbocycles. The van der Waals surface area contributed by atoms with Gasteiger partial charge in [-0.2, -0.15) is 0 Å². The molecule has 0 N–H and O–H groups in total. The number of hydrogen-bond donors (Lipinski definition) is 0. The van der Waals surface area contributed by atoms with Crippen molar-refractivity contribution in [3.8, 4) is 5.69 Å². The third kappa shape index (κ3) is 2.44. The van der Waals surface area contributed by atoms with Crippen LogP contribution in [0, 0.1) is 18.6 Å². The Morgan fingerprint density at radius 2 is 1.69 bits per heavy atom. The molecule has 4 nitrogen and oxygen atoms in total. The molecule has 1 atom stereocenters. The molecule has 132 valence electrons. The van der Waals surface area contributed by atoms with E-state index in [1.807, 2.05) is 0 Å². The van der Waals surface area contributed by atoms with Crippen LogP contribution in [0.1, 0.15) is 35.7 Å². The fourth-order valence-electron chi connectivity index (χ4n) is 3.13. The van der Waals surface area contributed by atoms with Crippen molar-refractivity contribution in [1.82, 2.24) is 14.8 Å². The standard InChI is InChI=1S/C18H12Cl2F2N4/c1-8-18-25-24-9(2)26(18)13-7-6-10(19)16(20)15(13)17(23-8)14-11(21)4-3-5-12(14)22/h3-8H,1-2H3/t8-/m0/s1. The highest BCUT2D eigenvalue weighted by Gasteiger charge is 2.30. The van der Waals surface area contributed by atoms with E-state index < -0.39 is 17.7 Å². The molecule has 8 heteroatoms. The number of halogens is 4. The molecule has 2 heterocycles. The maximum atomic E-state index is 14.5. The van der Waals surface area contributed by atoms with Crippen LogP contribution < -0.4 is 0 Å². The van der Waals surface area contributed by atoms with Crippen LogP contribution in [0.5, 0.6) is 0 Å². The molecular formula is C18H12Cl2F2N4. The van der Waals surface area contributed by atoms with Gasteiger partial charge in [0, 0.05) is 5.56 Å². The Morgan fingerprint density at radius 1 is 1.00 bits per heavy atom. The number of hydrogen-bond acceptors (Lipinski definition) is 3. The molecule has 26 heavy (non-hydrogen) atoms. The minimum atomic E-state index is -0.729. The summed E-state index contributed by atoms with van der Waals surface area (Å²) in [7, 11) is 0. The van der Waals surface area contributed by atoms with Crippen LogP contribution in [0.2, 0.25) is 10.0 Å². The van der Waals surface area contributed by atoms with E-state index >= 15 is 0 Å². The molecule has 0 radical (unpaired) electrons. The largest absolute Gasteiger partial charge is 0.281 e. The Balaban J connectivity index is 2.14. The van der Waals surface area contributed by atoms with E-state index in [9.17, 15) is 8.78 Å². The highest BCUT2D eigenvalue weighted by molar-refractivity contribution is 6.45. The summed E-state index contributed by atoms with van der Waals surface area (Å²) in [6.45, 7) is 3.56. The molecule has 1 aromatic heterocycles. The van der Waals surface area contributed by atoms with Gasteiger partial charge in [0.1, 0.15) is 23.5 Å². The number of aliphatic imine (C=N–C) groups is 1. The van der Waals surface area contributed by atoms with Crippen LogP contribution >= 0.6 is 23.2 Å². The van der Waals surface area contributed by atoms with Gasteiger partial charge in [-0.1, -0.05) is 29.3 Å². The summed E-state index contributed by atoms with van der Waals surface area (Å²) < 4.78 is 30.8. The van der Waals surface area contributed by atoms with Crippen LogP contribution in [-0.4, -0.2) is 20.5 Å². The predicted octanol–water partition coefficient (Wildman–Crippen LogP) is 5.07. The zero-order chi connectivity index (χ0) is 18.6. The lowest BCUT2D eigenvalue weighted by atomic mass is 9.99. The van der Waals surface area contributed by atoms with Crippen molar-refractivity contribution in [3.63, 3.8) is 0 Å². The predicted molar refractivity (Wildman–Crippen MR) is 96.5 cm³/mol. The van der Waals surface area contributed by atoms with Gasteiger partial charge >= 0.3 is 0 Å². The monoisotopic (exact) mass is 392 g/mol. The van der Waals surface area contributed by atoms with E-state index in [1.165, 1.54) is 18.2 Å². The van der Waals surface area contributed by atoms with Crippen molar-refractivity contribution in [2.75, 3.05) is 0 Å². The van der Waals surface area contributed by atoms with Crippen LogP contribution in [0.4, 0.5) is 8.78 Å². The van der Waals surface area contributed by atoms with Crippen LogP contribution in [0.25, 0.3) is 5.69 Å². The average molecular weight is 393 g/mol. The Hall–Kier alpha value is -2.31. The lowest BCUT2D eigenvalue weighted by Gasteiger charge is -2.15. The second-order valence-corrected chi connectivity index (χ2v) is 6.73. The smallest absolute Gasteiger partial charge is 0.162 e. The van der Waals surface area contributed by atoms with E-state index in [-0.39, 0.29) is 21.3 Å². The fraction of sp³-hybridized carbons (Fsp3) is 0.167. The molecule has 0 spiro atoms. The molecule has 0 saturated carbocycles. The third-order valence-electron chi connectivity index (χ3n) is 4.30. The quantitative estimate of drug-likeness (QED) is 0.579. The maximum absolute atomic E-state index is 14.5. The molecule has 0 fully saturated rings. The summed E-state index contributed by atoms with van der Waals surface area (Å²) in [5.41, 5.74) is 0.765. The molecule has 0 saturated heterocycles. The van der Waals surface area contributed by atoms with Crippen molar-refractivity contribution < 1.29 is 8.78 Å². The molecular weight excluding hydrogens is 381 g/mol. The fourth-order valence-corrected chi connectivity index (χ4v) is 3.54.